The summed E-state index contributed by atoms with van der Waals surface area (Å²) >= 11 is 0. The lowest BCUT2D eigenvalue weighted by Crippen LogP contribution is -2.26. The lowest BCUT2D eigenvalue weighted by molar-refractivity contribution is 0.0253. The monoisotopic (exact) mass is 390 g/mol. The number of anilines is 2. The van der Waals surface area contributed by atoms with Gasteiger partial charge in [-0.2, -0.15) is 0 Å². The minimum Gasteiger partial charge on any atom is -0.490 e. The van der Waals surface area contributed by atoms with Crippen molar-refractivity contribution in [3.05, 3.63) is 60.0 Å². The molecule has 1 aliphatic heterocycles. The van der Waals surface area contributed by atoms with E-state index in [4.69, 9.17) is 14.5 Å². The molecule has 0 atom stereocenters. The molecule has 0 unspecified atom stereocenters. The zero-order valence-electron chi connectivity index (χ0n) is 16.9. The van der Waals surface area contributed by atoms with Crippen LogP contribution in [-0.2, 0) is 11.2 Å². The van der Waals surface area contributed by atoms with Crippen LogP contribution in [0.2, 0.25) is 0 Å². The lowest BCUT2D eigenvalue weighted by atomic mass is 10.1. The zero-order chi connectivity index (χ0) is 20.1. The van der Waals surface area contributed by atoms with Crippen LogP contribution in [0.5, 0.6) is 5.75 Å². The van der Waals surface area contributed by atoms with E-state index in [9.17, 15) is 0 Å². The fraction of sp³-hybridized carbons (Fsp3) is 0.348. The summed E-state index contributed by atoms with van der Waals surface area (Å²) in [6.45, 7) is 5.71. The first-order valence-electron chi connectivity index (χ1n) is 10.1. The summed E-state index contributed by atoms with van der Waals surface area (Å²) < 4.78 is 11.6. The summed E-state index contributed by atoms with van der Waals surface area (Å²) in [5.41, 5.74) is 4.02. The third-order valence-corrected chi connectivity index (χ3v) is 4.99. The van der Waals surface area contributed by atoms with Crippen LogP contribution < -0.4 is 10.1 Å². The van der Waals surface area contributed by atoms with Crippen LogP contribution in [-0.4, -0.2) is 34.3 Å². The second-order valence-corrected chi connectivity index (χ2v) is 7.19. The molecule has 1 aliphatic rings. The SMILES string of the molecule is CCc1cc(Nc2ccc(OC3CCOCC3)c(C)c2)nc(-c2ccncc2)n1. The van der Waals surface area contributed by atoms with E-state index in [-0.39, 0.29) is 6.10 Å². The lowest BCUT2D eigenvalue weighted by Gasteiger charge is -2.24. The molecular weight excluding hydrogens is 364 g/mol. The van der Waals surface area contributed by atoms with E-state index in [2.05, 4.69) is 35.2 Å². The Morgan fingerprint density at radius 1 is 1.07 bits per heavy atom. The number of rotatable bonds is 6. The van der Waals surface area contributed by atoms with E-state index in [1.807, 2.05) is 30.3 Å². The molecule has 0 saturated carbocycles. The van der Waals surface area contributed by atoms with E-state index >= 15 is 0 Å². The average molecular weight is 390 g/mol. The van der Waals surface area contributed by atoms with Crippen molar-refractivity contribution in [2.24, 2.45) is 0 Å². The molecular formula is C23H26N4O2. The number of aromatic nitrogens is 3. The number of nitrogens with one attached hydrogen (secondary N) is 1. The fourth-order valence-electron chi connectivity index (χ4n) is 3.35. The van der Waals surface area contributed by atoms with Gasteiger partial charge in [-0.1, -0.05) is 6.92 Å². The zero-order valence-corrected chi connectivity index (χ0v) is 16.9. The van der Waals surface area contributed by atoms with Gasteiger partial charge in [0.15, 0.2) is 5.82 Å². The van der Waals surface area contributed by atoms with Crippen LogP contribution >= 0.6 is 0 Å². The van der Waals surface area contributed by atoms with Crippen molar-refractivity contribution in [2.45, 2.75) is 39.2 Å². The molecule has 0 aliphatic carbocycles. The Morgan fingerprint density at radius 3 is 2.59 bits per heavy atom. The van der Waals surface area contributed by atoms with Crippen molar-refractivity contribution in [1.29, 1.82) is 0 Å². The Bertz CT molecular complexity index is 956. The smallest absolute Gasteiger partial charge is 0.161 e. The molecule has 6 nitrogen and oxygen atoms in total. The molecule has 3 aromatic rings. The molecule has 0 radical (unpaired) electrons. The number of ether oxygens (including phenoxy) is 2. The van der Waals surface area contributed by atoms with Crippen molar-refractivity contribution in [2.75, 3.05) is 18.5 Å². The Hall–Kier alpha value is -2.99. The van der Waals surface area contributed by atoms with E-state index in [1.54, 1.807) is 12.4 Å². The molecule has 29 heavy (non-hydrogen) atoms. The van der Waals surface area contributed by atoms with Gasteiger partial charge in [-0.3, -0.25) is 4.98 Å². The molecule has 6 heteroatoms. The quantitative estimate of drug-likeness (QED) is 0.657. The van der Waals surface area contributed by atoms with Crippen LogP contribution in [0.4, 0.5) is 11.5 Å². The van der Waals surface area contributed by atoms with Gasteiger partial charge in [0.25, 0.3) is 0 Å². The first-order chi connectivity index (χ1) is 14.2. The highest BCUT2D eigenvalue weighted by Gasteiger charge is 2.16. The molecule has 1 N–H and O–H groups in total. The number of hydrogen-bond acceptors (Lipinski definition) is 6. The molecule has 0 spiro atoms. The van der Waals surface area contributed by atoms with Crippen LogP contribution in [0.1, 0.15) is 31.0 Å². The normalized spacial score (nSPS) is 14.6. The molecule has 0 amide bonds. The van der Waals surface area contributed by atoms with Gasteiger partial charge in [0.2, 0.25) is 0 Å². The summed E-state index contributed by atoms with van der Waals surface area (Å²) in [5, 5.41) is 3.42. The largest absolute Gasteiger partial charge is 0.490 e. The van der Waals surface area contributed by atoms with E-state index < -0.39 is 0 Å². The maximum absolute atomic E-state index is 6.17. The topological polar surface area (TPSA) is 69.2 Å². The predicted molar refractivity (Wildman–Crippen MR) is 114 cm³/mol. The molecule has 0 bridgehead atoms. The molecule has 1 aromatic carbocycles. The summed E-state index contributed by atoms with van der Waals surface area (Å²) in [5.74, 6) is 2.41. The minimum absolute atomic E-state index is 0.234. The maximum atomic E-state index is 6.17. The van der Waals surface area contributed by atoms with Crippen LogP contribution in [0.25, 0.3) is 11.4 Å². The van der Waals surface area contributed by atoms with Gasteiger partial charge in [0.05, 0.1) is 13.2 Å². The number of pyridine rings is 1. The van der Waals surface area contributed by atoms with Crippen LogP contribution in [0.15, 0.2) is 48.8 Å². The predicted octanol–water partition coefficient (Wildman–Crippen LogP) is 4.71. The number of aryl methyl sites for hydroxylation is 2. The van der Waals surface area contributed by atoms with E-state index in [1.165, 1.54) is 0 Å². The summed E-state index contributed by atoms with van der Waals surface area (Å²) in [7, 11) is 0. The molecule has 2 aromatic heterocycles. The van der Waals surface area contributed by atoms with Crippen LogP contribution in [0.3, 0.4) is 0 Å². The highest BCUT2D eigenvalue weighted by atomic mass is 16.5. The Morgan fingerprint density at radius 2 is 1.86 bits per heavy atom. The number of hydrogen-bond donors (Lipinski definition) is 1. The second kappa shape index (κ2) is 9.01. The van der Waals surface area contributed by atoms with Gasteiger partial charge in [0.1, 0.15) is 17.7 Å². The van der Waals surface area contributed by atoms with Gasteiger partial charge in [0, 0.05) is 48.2 Å². The fourth-order valence-corrected chi connectivity index (χ4v) is 3.35. The first kappa shape index (κ1) is 19.3. The maximum Gasteiger partial charge on any atom is 0.161 e. The molecule has 4 rings (SSSR count). The molecule has 150 valence electrons. The Labute approximate surface area is 171 Å². The minimum atomic E-state index is 0.234. The third-order valence-electron chi connectivity index (χ3n) is 4.99. The Balaban J connectivity index is 1.53. The van der Waals surface area contributed by atoms with Gasteiger partial charge in [-0.05, 0) is 49.2 Å². The first-order valence-corrected chi connectivity index (χ1v) is 10.1. The summed E-state index contributed by atoms with van der Waals surface area (Å²) in [4.78, 5) is 13.4. The van der Waals surface area contributed by atoms with E-state index in [0.29, 0.717) is 5.82 Å². The Kier molecular flexibility index (Phi) is 6.00. The molecule has 1 fully saturated rings. The summed E-state index contributed by atoms with van der Waals surface area (Å²) in [6, 6.07) is 12.0. The van der Waals surface area contributed by atoms with Crippen molar-refractivity contribution < 1.29 is 9.47 Å². The molecule has 1 saturated heterocycles. The van der Waals surface area contributed by atoms with Crippen molar-refractivity contribution in [3.8, 4) is 17.1 Å². The highest BCUT2D eigenvalue weighted by molar-refractivity contribution is 5.63. The van der Waals surface area contributed by atoms with Gasteiger partial charge >= 0.3 is 0 Å². The average Bonchev–Trinajstić information content (AvgIpc) is 2.77. The third kappa shape index (κ3) is 4.90. The van der Waals surface area contributed by atoms with Gasteiger partial charge < -0.3 is 14.8 Å². The van der Waals surface area contributed by atoms with Gasteiger partial charge in [-0.25, -0.2) is 9.97 Å². The summed E-state index contributed by atoms with van der Waals surface area (Å²) in [6.07, 6.45) is 6.47. The number of nitrogens with zero attached hydrogens (tertiary/aromatic N) is 3. The number of benzene rings is 1. The standard InChI is InChI=1S/C23H26N4O2/c1-3-18-15-22(27-23(26-18)17-6-10-24-11-7-17)25-19-4-5-21(16(2)14-19)29-20-8-12-28-13-9-20/h4-7,10-11,14-15,20H,3,8-9,12-13H2,1-2H3,(H,25,26,27). The van der Waals surface area contributed by atoms with E-state index in [0.717, 1.165) is 66.6 Å². The highest BCUT2D eigenvalue weighted by Crippen LogP contribution is 2.27. The van der Waals surface area contributed by atoms with Crippen molar-refractivity contribution in [1.82, 2.24) is 15.0 Å². The van der Waals surface area contributed by atoms with Crippen molar-refractivity contribution >= 4 is 11.5 Å². The van der Waals surface area contributed by atoms with Gasteiger partial charge in [-0.15, -0.1) is 0 Å². The van der Waals surface area contributed by atoms with Crippen LogP contribution in [0, 0.1) is 6.92 Å². The second-order valence-electron chi connectivity index (χ2n) is 7.19. The molecule has 3 heterocycles. The van der Waals surface area contributed by atoms with Crippen molar-refractivity contribution in [3.63, 3.8) is 0 Å².